The predicted molar refractivity (Wildman–Crippen MR) is 47.3 cm³/mol. The molecule has 0 fully saturated rings. The smallest absolute Gasteiger partial charge is 0.0863 e. The van der Waals surface area contributed by atoms with Crippen LogP contribution in [0.25, 0.3) is 0 Å². The molecule has 0 spiro atoms. The van der Waals surface area contributed by atoms with Crippen molar-refractivity contribution in [2.75, 3.05) is 6.61 Å². The van der Waals surface area contributed by atoms with Crippen molar-refractivity contribution in [3.8, 4) is 0 Å². The van der Waals surface area contributed by atoms with E-state index in [9.17, 15) is 0 Å². The lowest BCUT2D eigenvalue weighted by Gasteiger charge is -2.12. The first-order valence-corrected chi connectivity index (χ1v) is 4.32. The van der Waals surface area contributed by atoms with Gasteiger partial charge in [0.25, 0.3) is 0 Å². The van der Waals surface area contributed by atoms with Gasteiger partial charge in [0.05, 0.1) is 12.9 Å². The van der Waals surface area contributed by atoms with Gasteiger partial charge < -0.3 is 4.74 Å². The van der Waals surface area contributed by atoms with Crippen molar-refractivity contribution < 1.29 is 4.74 Å². The Morgan fingerprint density at radius 3 is 3.09 bits per heavy atom. The Hall–Kier alpha value is -0.720. The fourth-order valence-electron chi connectivity index (χ4n) is 1.28. The molecule has 0 amide bonds. The largest absolute Gasteiger partial charge is 0.501 e. The molecule has 0 bridgehead atoms. The maximum atomic E-state index is 5.24. The summed E-state index contributed by atoms with van der Waals surface area (Å²) in [6.07, 6.45) is 7.88. The highest BCUT2D eigenvalue weighted by molar-refractivity contribution is 5.29. The van der Waals surface area contributed by atoms with Crippen molar-refractivity contribution in [1.29, 1.82) is 0 Å². The van der Waals surface area contributed by atoms with E-state index < -0.39 is 0 Å². The molecule has 1 rings (SSSR count). The predicted octanol–water partition coefficient (Wildman–Crippen LogP) is 3.04. The molecule has 1 heteroatoms. The summed E-state index contributed by atoms with van der Waals surface area (Å²) in [5.41, 5.74) is 2.77. The molecule has 0 saturated heterocycles. The zero-order valence-electron chi connectivity index (χ0n) is 7.39. The van der Waals surface area contributed by atoms with Crippen LogP contribution in [-0.4, -0.2) is 6.61 Å². The Balaban J connectivity index is 2.55. The average Bonchev–Trinajstić information content (AvgIpc) is 2.03. The van der Waals surface area contributed by atoms with Crippen molar-refractivity contribution in [1.82, 2.24) is 0 Å². The van der Waals surface area contributed by atoms with Gasteiger partial charge in [0.2, 0.25) is 0 Å². The summed E-state index contributed by atoms with van der Waals surface area (Å²) in [6, 6.07) is 0. The summed E-state index contributed by atoms with van der Waals surface area (Å²) in [5, 5.41) is 0. The first-order chi connectivity index (χ1) is 5.34. The van der Waals surface area contributed by atoms with Crippen LogP contribution in [-0.2, 0) is 4.74 Å². The molecule has 0 radical (unpaired) electrons. The zero-order valence-corrected chi connectivity index (χ0v) is 7.39. The molecule has 11 heavy (non-hydrogen) atoms. The molecule has 0 aromatic heterocycles. The number of ether oxygens (including phenoxy) is 1. The minimum Gasteiger partial charge on any atom is -0.501 e. The third kappa shape index (κ3) is 2.41. The van der Waals surface area contributed by atoms with E-state index >= 15 is 0 Å². The Morgan fingerprint density at radius 2 is 2.45 bits per heavy atom. The second-order valence-electron chi connectivity index (χ2n) is 2.88. The number of hydrogen-bond acceptors (Lipinski definition) is 1. The lowest BCUT2D eigenvalue weighted by atomic mass is 9.96. The van der Waals surface area contributed by atoms with Gasteiger partial charge in [0, 0.05) is 0 Å². The monoisotopic (exact) mass is 152 g/mol. The van der Waals surface area contributed by atoms with E-state index in [4.69, 9.17) is 4.74 Å². The Kier molecular flexibility index (Phi) is 3.21. The molecule has 0 N–H and O–H groups in total. The Morgan fingerprint density at radius 1 is 1.64 bits per heavy atom. The lowest BCUT2D eigenvalue weighted by Crippen LogP contribution is -1.94. The van der Waals surface area contributed by atoms with Crippen molar-refractivity contribution in [2.24, 2.45) is 0 Å². The SMILES string of the molecule is CCOC=C1CCCC=C1C. The molecule has 62 valence electrons. The van der Waals surface area contributed by atoms with Gasteiger partial charge in [-0.05, 0) is 44.3 Å². The van der Waals surface area contributed by atoms with Gasteiger partial charge >= 0.3 is 0 Å². The molecule has 0 aromatic carbocycles. The highest BCUT2D eigenvalue weighted by atomic mass is 16.5. The lowest BCUT2D eigenvalue weighted by molar-refractivity contribution is 0.265. The van der Waals surface area contributed by atoms with E-state index in [0.717, 1.165) is 6.61 Å². The van der Waals surface area contributed by atoms with Gasteiger partial charge in [-0.15, -0.1) is 0 Å². The zero-order chi connectivity index (χ0) is 8.10. The fourth-order valence-corrected chi connectivity index (χ4v) is 1.28. The first kappa shape index (κ1) is 8.38. The van der Waals surface area contributed by atoms with Crippen molar-refractivity contribution in [3.05, 3.63) is 23.5 Å². The summed E-state index contributed by atoms with van der Waals surface area (Å²) < 4.78 is 5.24. The van der Waals surface area contributed by atoms with E-state index in [2.05, 4.69) is 13.0 Å². The van der Waals surface area contributed by atoms with Crippen LogP contribution in [0, 0.1) is 0 Å². The molecular formula is C10H16O. The molecule has 1 aliphatic carbocycles. The van der Waals surface area contributed by atoms with Crippen LogP contribution in [0.2, 0.25) is 0 Å². The number of hydrogen-bond donors (Lipinski definition) is 0. The quantitative estimate of drug-likeness (QED) is 0.552. The fraction of sp³-hybridized carbons (Fsp3) is 0.600. The third-order valence-corrected chi connectivity index (χ3v) is 2.00. The first-order valence-electron chi connectivity index (χ1n) is 4.32. The molecule has 0 aliphatic heterocycles. The van der Waals surface area contributed by atoms with Crippen LogP contribution in [0.1, 0.15) is 33.1 Å². The van der Waals surface area contributed by atoms with Crippen molar-refractivity contribution >= 4 is 0 Å². The van der Waals surface area contributed by atoms with E-state index in [1.54, 1.807) is 0 Å². The van der Waals surface area contributed by atoms with E-state index in [-0.39, 0.29) is 0 Å². The maximum absolute atomic E-state index is 5.24. The number of rotatable bonds is 2. The Labute approximate surface area is 68.8 Å². The van der Waals surface area contributed by atoms with E-state index in [0.29, 0.717) is 0 Å². The Bertz CT molecular complexity index is 177. The topological polar surface area (TPSA) is 9.23 Å². The third-order valence-electron chi connectivity index (χ3n) is 2.00. The summed E-state index contributed by atoms with van der Waals surface area (Å²) in [7, 11) is 0. The van der Waals surface area contributed by atoms with Gasteiger partial charge in [0.15, 0.2) is 0 Å². The average molecular weight is 152 g/mol. The summed E-state index contributed by atoms with van der Waals surface area (Å²) in [5.74, 6) is 0. The molecule has 0 aromatic rings. The van der Waals surface area contributed by atoms with E-state index in [1.165, 1.54) is 30.4 Å². The van der Waals surface area contributed by atoms with Crippen LogP contribution >= 0.6 is 0 Å². The maximum Gasteiger partial charge on any atom is 0.0863 e. The highest BCUT2D eigenvalue weighted by Crippen LogP contribution is 2.22. The second-order valence-corrected chi connectivity index (χ2v) is 2.88. The van der Waals surface area contributed by atoms with Crippen LogP contribution in [0.4, 0.5) is 0 Å². The van der Waals surface area contributed by atoms with Gasteiger partial charge in [-0.3, -0.25) is 0 Å². The van der Waals surface area contributed by atoms with Crippen LogP contribution in [0.5, 0.6) is 0 Å². The molecule has 0 saturated carbocycles. The summed E-state index contributed by atoms with van der Waals surface area (Å²) >= 11 is 0. The summed E-state index contributed by atoms with van der Waals surface area (Å²) in [6.45, 7) is 4.94. The number of allylic oxidation sites excluding steroid dienone is 3. The minimum absolute atomic E-state index is 0.775. The molecule has 0 heterocycles. The van der Waals surface area contributed by atoms with Crippen LogP contribution < -0.4 is 0 Å². The standard InChI is InChI=1S/C10H16O/c1-3-11-8-10-7-5-4-6-9(10)2/h6,8H,3-5,7H2,1-2H3. The van der Waals surface area contributed by atoms with Crippen molar-refractivity contribution in [2.45, 2.75) is 33.1 Å². The molecular weight excluding hydrogens is 136 g/mol. The van der Waals surface area contributed by atoms with Gasteiger partial charge in [-0.1, -0.05) is 6.08 Å². The molecule has 0 unspecified atom stereocenters. The van der Waals surface area contributed by atoms with Gasteiger partial charge in [-0.25, -0.2) is 0 Å². The van der Waals surface area contributed by atoms with Crippen LogP contribution in [0.3, 0.4) is 0 Å². The van der Waals surface area contributed by atoms with Gasteiger partial charge in [0.1, 0.15) is 0 Å². The van der Waals surface area contributed by atoms with Gasteiger partial charge in [-0.2, -0.15) is 0 Å². The molecule has 0 atom stereocenters. The highest BCUT2D eigenvalue weighted by Gasteiger charge is 2.04. The van der Waals surface area contributed by atoms with Crippen molar-refractivity contribution in [3.63, 3.8) is 0 Å². The minimum atomic E-state index is 0.775. The second kappa shape index (κ2) is 4.22. The van der Waals surface area contributed by atoms with E-state index in [1.807, 2.05) is 13.2 Å². The molecule has 1 aliphatic rings. The molecule has 1 nitrogen and oxygen atoms in total. The normalized spacial score (nSPS) is 21.6. The summed E-state index contributed by atoms with van der Waals surface area (Å²) in [4.78, 5) is 0. The van der Waals surface area contributed by atoms with Crippen LogP contribution in [0.15, 0.2) is 23.5 Å².